The molecule has 0 saturated carbocycles. The Morgan fingerprint density at radius 2 is 1.19 bits per heavy atom. The highest BCUT2D eigenvalue weighted by Gasteiger charge is 2.38. The predicted octanol–water partition coefficient (Wildman–Crippen LogP) is 7.46. The zero-order valence-electron chi connectivity index (χ0n) is 32.4. The molecule has 11 nitrogen and oxygen atoms in total. The zero-order valence-corrected chi connectivity index (χ0v) is 34.1. The minimum Gasteiger partial charge on any atom is -0.387 e. The maximum absolute atomic E-state index is 13.4. The fourth-order valence-electron chi connectivity index (χ4n) is 6.89. The van der Waals surface area contributed by atoms with Crippen molar-refractivity contribution in [3.63, 3.8) is 0 Å². The van der Waals surface area contributed by atoms with Gasteiger partial charge in [0.25, 0.3) is 20.0 Å². The Morgan fingerprint density at radius 1 is 0.690 bits per heavy atom. The summed E-state index contributed by atoms with van der Waals surface area (Å²) < 4.78 is 55.2. The Hall–Kier alpha value is -6.06. The van der Waals surface area contributed by atoms with Crippen LogP contribution in [-0.4, -0.2) is 61.2 Å². The first-order valence-corrected chi connectivity index (χ1v) is 21.3. The van der Waals surface area contributed by atoms with Gasteiger partial charge in [-0.15, -0.1) is 0 Å². The van der Waals surface area contributed by atoms with E-state index in [9.17, 15) is 21.9 Å². The molecule has 0 saturated heterocycles. The van der Waals surface area contributed by atoms with Crippen molar-refractivity contribution in [2.75, 3.05) is 20.6 Å². The van der Waals surface area contributed by atoms with E-state index in [2.05, 4.69) is 29.0 Å². The van der Waals surface area contributed by atoms with Crippen LogP contribution in [0.15, 0.2) is 144 Å². The van der Waals surface area contributed by atoms with Gasteiger partial charge in [-0.05, 0) is 84.5 Å². The van der Waals surface area contributed by atoms with Crippen molar-refractivity contribution in [2.45, 2.75) is 42.5 Å². The third kappa shape index (κ3) is 9.05. The number of likely N-dealkylation sites (N-methyl/N-ethyl adjacent to an activating group) is 1. The van der Waals surface area contributed by atoms with Gasteiger partial charge < -0.3 is 5.11 Å². The van der Waals surface area contributed by atoms with Gasteiger partial charge in [-0.2, -0.15) is 19.1 Å². The first-order valence-electron chi connectivity index (χ1n) is 18.4. The Bertz CT molecular complexity index is 2710. The minimum atomic E-state index is -3.88. The van der Waals surface area contributed by atoms with Crippen LogP contribution < -0.4 is 0 Å². The van der Waals surface area contributed by atoms with Crippen LogP contribution in [0.5, 0.6) is 0 Å². The van der Waals surface area contributed by atoms with E-state index in [0.717, 1.165) is 27.4 Å². The molecular formula is C45H42N6O5S2. The molecule has 1 unspecified atom stereocenters. The molecular weight excluding hydrogens is 769 g/mol. The van der Waals surface area contributed by atoms with Crippen molar-refractivity contribution in [2.24, 2.45) is 5.92 Å². The molecule has 2 aromatic heterocycles. The third-order valence-corrected chi connectivity index (χ3v) is 13.6. The van der Waals surface area contributed by atoms with Crippen molar-refractivity contribution < 1.29 is 21.9 Å². The quantitative estimate of drug-likeness (QED) is 0.148. The van der Waals surface area contributed by atoms with E-state index in [1.54, 1.807) is 92.0 Å². The Morgan fingerprint density at radius 3 is 1.71 bits per heavy atom. The van der Waals surface area contributed by atoms with Gasteiger partial charge in [0, 0.05) is 31.8 Å². The van der Waals surface area contributed by atoms with E-state index in [4.69, 9.17) is 10.5 Å². The highest BCUT2D eigenvalue weighted by Crippen LogP contribution is 2.41. The molecule has 3 atom stereocenters. The van der Waals surface area contributed by atoms with Gasteiger partial charge >= 0.3 is 0 Å². The van der Waals surface area contributed by atoms with Crippen LogP contribution in [0.25, 0.3) is 22.5 Å². The SMILES string of the molecule is C[C@H]1Cc2ccccc2[C@@H]1N(C)S(=O)(=O)c1cccc(-c2ccc(C#N)cc2)n1.Cc1ccc(C(O)CN(C)S(=O)(=O)c2cccc(-c3ccc(C#N)cc3)n2)cc1. The number of aromatic nitrogens is 2. The van der Waals surface area contributed by atoms with E-state index in [1.165, 1.54) is 29.0 Å². The molecule has 2 heterocycles. The van der Waals surface area contributed by atoms with Crippen LogP contribution in [0.4, 0.5) is 0 Å². The second kappa shape index (κ2) is 17.6. The lowest BCUT2D eigenvalue weighted by atomic mass is 10.0. The van der Waals surface area contributed by atoms with E-state index in [0.29, 0.717) is 33.6 Å². The van der Waals surface area contributed by atoms with Crippen molar-refractivity contribution in [3.8, 4) is 34.7 Å². The number of aryl methyl sites for hydroxylation is 1. The lowest BCUT2D eigenvalue weighted by molar-refractivity contribution is 0.155. The molecule has 58 heavy (non-hydrogen) atoms. The summed E-state index contributed by atoms with van der Waals surface area (Å²) >= 11 is 0. The second-order valence-electron chi connectivity index (χ2n) is 14.2. The molecule has 0 radical (unpaired) electrons. The van der Waals surface area contributed by atoms with Gasteiger partial charge in [-0.3, -0.25) is 0 Å². The lowest BCUT2D eigenvalue weighted by Crippen LogP contribution is -2.33. The molecule has 1 aliphatic carbocycles. The summed E-state index contributed by atoms with van der Waals surface area (Å²) in [5, 5.41) is 28.2. The van der Waals surface area contributed by atoms with Gasteiger partial charge in [-0.1, -0.05) is 97.4 Å². The molecule has 0 aliphatic heterocycles. The summed E-state index contributed by atoms with van der Waals surface area (Å²) in [6.07, 6.45) is -0.0866. The highest BCUT2D eigenvalue weighted by atomic mass is 32.2. The zero-order chi connectivity index (χ0) is 41.6. The van der Waals surface area contributed by atoms with Crippen molar-refractivity contribution in [3.05, 3.63) is 167 Å². The third-order valence-electron chi connectivity index (χ3n) is 10.1. The summed E-state index contributed by atoms with van der Waals surface area (Å²) in [6, 6.07) is 42.7. The molecule has 1 N–H and O–H groups in total. The number of fused-ring (bicyclic) bond motifs is 1. The number of benzene rings is 4. The molecule has 1 aliphatic rings. The van der Waals surface area contributed by atoms with E-state index in [-0.39, 0.29) is 28.6 Å². The standard InChI is InChI=1S/C23H21N3O2S.C22H21N3O3S/c1-16-14-19-6-3-4-7-20(19)23(16)26(2)29(27,28)22-9-5-8-21(25-22)18-12-10-17(15-24)11-13-18;1-16-6-10-19(11-7-16)21(26)15-25(2)29(27,28)22-5-3-4-20(24-22)18-12-8-17(14-23)9-13-18/h3-13,16,23H,14H2,1-2H3;3-13,21,26H,15H2,1-2H3/t16-,23+;/m0./s1. The summed E-state index contributed by atoms with van der Waals surface area (Å²) in [5.41, 5.74) is 7.57. The Kier molecular flexibility index (Phi) is 12.6. The summed E-state index contributed by atoms with van der Waals surface area (Å²) in [7, 11) is -4.60. The van der Waals surface area contributed by atoms with Crippen LogP contribution in [0.1, 0.15) is 52.5 Å². The molecule has 0 bridgehead atoms. The molecule has 6 aromatic rings. The summed E-state index contributed by atoms with van der Waals surface area (Å²) in [6.45, 7) is 3.94. The van der Waals surface area contributed by atoms with Gasteiger partial charge in [0.05, 0.1) is 46.8 Å². The van der Waals surface area contributed by atoms with E-state index >= 15 is 0 Å². The Labute approximate surface area is 340 Å². The first kappa shape index (κ1) is 41.6. The topological polar surface area (TPSA) is 168 Å². The average molecular weight is 811 g/mol. The monoisotopic (exact) mass is 810 g/mol. The second-order valence-corrected chi connectivity index (χ2v) is 18.1. The normalized spacial score (nSPS) is 15.5. The minimum absolute atomic E-state index is 0.0263. The van der Waals surface area contributed by atoms with Crippen LogP contribution in [-0.2, 0) is 26.5 Å². The number of nitriles is 2. The molecule has 0 spiro atoms. The first-order chi connectivity index (χ1) is 27.7. The van der Waals surface area contributed by atoms with Crippen molar-refractivity contribution in [1.82, 2.24) is 18.6 Å². The molecule has 13 heteroatoms. The van der Waals surface area contributed by atoms with Crippen LogP contribution in [0, 0.1) is 35.5 Å². The average Bonchev–Trinajstić information content (AvgIpc) is 3.59. The van der Waals surface area contributed by atoms with E-state index in [1.807, 2.05) is 43.3 Å². The summed E-state index contributed by atoms with van der Waals surface area (Å²) in [4.78, 5) is 8.72. The highest BCUT2D eigenvalue weighted by molar-refractivity contribution is 7.89. The lowest BCUT2D eigenvalue weighted by Gasteiger charge is -2.28. The van der Waals surface area contributed by atoms with Gasteiger partial charge in [-0.25, -0.2) is 26.8 Å². The van der Waals surface area contributed by atoms with Gasteiger partial charge in [0.15, 0.2) is 10.1 Å². The number of nitrogens with zero attached hydrogens (tertiary/aromatic N) is 6. The summed E-state index contributed by atoms with van der Waals surface area (Å²) in [5.74, 6) is 0.189. The number of hydrogen-bond donors (Lipinski definition) is 1. The van der Waals surface area contributed by atoms with E-state index < -0.39 is 26.2 Å². The smallest absolute Gasteiger partial charge is 0.260 e. The van der Waals surface area contributed by atoms with Crippen LogP contribution >= 0.6 is 0 Å². The maximum Gasteiger partial charge on any atom is 0.260 e. The number of hydrogen-bond acceptors (Lipinski definition) is 9. The maximum atomic E-state index is 13.4. The fourth-order valence-corrected chi connectivity index (χ4v) is 9.39. The molecule has 4 aromatic carbocycles. The van der Waals surface area contributed by atoms with Crippen molar-refractivity contribution in [1.29, 1.82) is 10.5 Å². The predicted molar refractivity (Wildman–Crippen MR) is 222 cm³/mol. The number of pyridine rings is 2. The molecule has 0 amide bonds. The Balaban J connectivity index is 0.000000196. The van der Waals surface area contributed by atoms with Crippen LogP contribution in [0.2, 0.25) is 0 Å². The molecule has 294 valence electrons. The number of rotatable bonds is 10. The van der Waals surface area contributed by atoms with Crippen LogP contribution in [0.3, 0.4) is 0 Å². The fraction of sp³-hybridized carbons (Fsp3) is 0.200. The van der Waals surface area contributed by atoms with Gasteiger partial charge in [0.1, 0.15) is 0 Å². The number of sulfonamides is 2. The molecule has 0 fully saturated rings. The van der Waals surface area contributed by atoms with Gasteiger partial charge in [0.2, 0.25) is 0 Å². The number of aliphatic hydroxyl groups excluding tert-OH is 1. The number of aliphatic hydroxyl groups is 1. The van der Waals surface area contributed by atoms with Crippen molar-refractivity contribution >= 4 is 20.0 Å². The largest absolute Gasteiger partial charge is 0.387 e. The molecule has 7 rings (SSSR count).